The Morgan fingerprint density at radius 2 is 1.84 bits per heavy atom. The Bertz CT molecular complexity index is 935. The fourth-order valence-electron chi connectivity index (χ4n) is 3.55. The van der Waals surface area contributed by atoms with Gasteiger partial charge in [-0.25, -0.2) is 4.79 Å². The molecule has 32 heavy (non-hydrogen) atoms. The second-order valence-corrected chi connectivity index (χ2v) is 7.96. The number of oxime groups is 1. The zero-order valence-corrected chi connectivity index (χ0v) is 18.5. The minimum Gasteiger partial charge on any atom is -0.507 e. The van der Waals surface area contributed by atoms with Crippen LogP contribution >= 0.6 is 11.6 Å². The molecule has 2 N–H and O–H groups in total. The zero-order chi connectivity index (χ0) is 22.9. The van der Waals surface area contributed by atoms with Gasteiger partial charge in [-0.3, -0.25) is 4.79 Å². The first-order valence-electron chi connectivity index (χ1n) is 10.7. The summed E-state index contributed by atoms with van der Waals surface area (Å²) in [6.45, 7) is 1.38. The number of phenolic OH excluding ortho intramolecular Hbond substituents is 2. The number of nitrogens with zero attached hydrogens (tertiary/aromatic N) is 2. The number of phenols is 2. The molecule has 2 aliphatic rings. The van der Waals surface area contributed by atoms with Crippen molar-refractivity contribution in [3.05, 3.63) is 46.5 Å². The maximum Gasteiger partial charge on any atom is 0.342 e. The highest BCUT2D eigenvalue weighted by molar-refractivity contribution is 6.33. The summed E-state index contributed by atoms with van der Waals surface area (Å²) in [5.74, 6) is -1.70. The summed E-state index contributed by atoms with van der Waals surface area (Å²) in [5, 5.41) is 24.4. The summed E-state index contributed by atoms with van der Waals surface area (Å²) < 4.78 is 5.26. The molecule has 0 atom stereocenters. The third-order valence-corrected chi connectivity index (χ3v) is 5.63. The number of esters is 1. The first-order valence-corrected chi connectivity index (χ1v) is 11.0. The summed E-state index contributed by atoms with van der Waals surface area (Å²) in [6.07, 6.45) is 11.6. The number of carbonyl (C=O) groups is 2. The Labute approximate surface area is 191 Å². The second-order valence-electron chi connectivity index (χ2n) is 7.58. The molecule has 172 valence electrons. The van der Waals surface area contributed by atoms with E-state index in [0.717, 1.165) is 44.8 Å². The maximum absolute atomic E-state index is 12.6. The van der Waals surface area contributed by atoms with E-state index in [1.165, 1.54) is 0 Å². The van der Waals surface area contributed by atoms with E-state index in [1.807, 2.05) is 18.2 Å². The maximum atomic E-state index is 12.6. The van der Waals surface area contributed by atoms with E-state index in [4.69, 9.17) is 21.2 Å². The number of fused-ring (bicyclic) bond motifs is 1. The molecule has 0 saturated carbocycles. The zero-order valence-electron chi connectivity index (χ0n) is 17.8. The third kappa shape index (κ3) is 6.26. The Morgan fingerprint density at radius 1 is 1.12 bits per heavy atom. The smallest absolute Gasteiger partial charge is 0.342 e. The van der Waals surface area contributed by atoms with E-state index < -0.39 is 11.7 Å². The Kier molecular flexibility index (Phi) is 8.56. The average molecular weight is 463 g/mol. The van der Waals surface area contributed by atoms with Crippen LogP contribution in [0, 0.1) is 0 Å². The van der Waals surface area contributed by atoms with Crippen LogP contribution < -0.4 is 0 Å². The molecule has 0 aromatic heterocycles. The molecule has 0 aliphatic carbocycles. The number of benzene rings is 1. The lowest BCUT2D eigenvalue weighted by atomic mass is 9.99. The Balaban J connectivity index is 1.88. The molecule has 1 amide bonds. The van der Waals surface area contributed by atoms with Gasteiger partial charge in [-0.15, -0.1) is 0 Å². The molecule has 2 heterocycles. The van der Waals surface area contributed by atoms with Crippen molar-refractivity contribution in [2.24, 2.45) is 5.16 Å². The molecule has 1 fully saturated rings. The number of likely N-dealkylation sites (tertiary alicyclic amines) is 1. The van der Waals surface area contributed by atoms with Gasteiger partial charge in [0.25, 0.3) is 5.91 Å². The van der Waals surface area contributed by atoms with E-state index in [-0.39, 0.29) is 47.4 Å². The van der Waals surface area contributed by atoms with Crippen molar-refractivity contribution < 1.29 is 29.4 Å². The number of cyclic esters (lactones) is 1. The molecule has 1 saturated heterocycles. The molecule has 0 spiro atoms. The SMILES string of the molecule is O=C1OCC/C=C/CC/C=C/C(=N/OCC(=O)N2CCCC2)Cc2c(Cl)c(O)cc(O)c21. The van der Waals surface area contributed by atoms with Gasteiger partial charge >= 0.3 is 5.97 Å². The standard InChI is InChI=1S/C23H27ClN2O6/c24-22-17-13-16(25-32-15-20(29)26-10-6-7-11-26)9-5-3-1-2-4-8-12-31-23(30)21(17)18(27)14-19(22)28/h2,4-5,9,14,27-28H,1,3,6-8,10-13,15H2/b4-2+,9-5+,25-16-. The highest BCUT2D eigenvalue weighted by Crippen LogP contribution is 2.37. The van der Waals surface area contributed by atoms with Crippen molar-refractivity contribution >= 4 is 29.2 Å². The highest BCUT2D eigenvalue weighted by atomic mass is 35.5. The molecule has 8 nitrogen and oxygen atoms in total. The van der Waals surface area contributed by atoms with E-state index in [2.05, 4.69) is 5.16 Å². The first-order chi connectivity index (χ1) is 15.5. The fourth-order valence-corrected chi connectivity index (χ4v) is 3.76. The van der Waals surface area contributed by atoms with Crippen molar-refractivity contribution in [3.8, 4) is 11.5 Å². The largest absolute Gasteiger partial charge is 0.507 e. The van der Waals surface area contributed by atoms with Gasteiger partial charge in [0, 0.05) is 25.6 Å². The summed E-state index contributed by atoms with van der Waals surface area (Å²) in [6, 6.07) is 1.00. The summed E-state index contributed by atoms with van der Waals surface area (Å²) in [5.41, 5.74) is 0.406. The number of aromatic hydroxyl groups is 2. The predicted octanol–water partition coefficient (Wildman–Crippen LogP) is 3.74. The van der Waals surface area contributed by atoms with Crippen LogP contribution in [0.3, 0.4) is 0 Å². The van der Waals surface area contributed by atoms with Crippen LogP contribution in [0.5, 0.6) is 11.5 Å². The third-order valence-electron chi connectivity index (χ3n) is 5.21. The number of ether oxygens (including phenoxy) is 1. The van der Waals surface area contributed by atoms with Crippen molar-refractivity contribution in [2.45, 2.75) is 38.5 Å². The average Bonchev–Trinajstić information content (AvgIpc) is 3.30. The summed E-state index contributed by atoms with van der Waals surface area (Å²) >= 11 is 6.27. The van der Waals surface area contributed by atoms with Gasteiger partial charge in [0.1, 0.15) is 17.1 Å². The van der Waals surface area contributed by atoms with Crippen LogP contribution in [0.1, 0.15) is 48.0 Å². The van der Waals surface area contributed by atoms with Crippen LogP contribution in [0.25, 0.3) is 0 Å². The number of halogens is 1. The van der Waals surface area contributed by atoms with Gasteiger partial charge in [-0.2, -0.15) is 0 Å². The van der Waals surface area contributed by atoms with Crippen molar-refractivity contribution in [1.82, 2.24) is 4.90 Å². The minimum absolute atomic E-state index is 0.0184. The Morgan fingerprint density at radius 3 is 2.62 bits per heavy atom. The highest BCUT2D eigenvalue weighted by Gasteiger charge is 2.24. The topological polar surface area (TPSA) is 109 Å². The molecule has 0 unspecified atom stereocenters. The van der Waals surface area contributed by atoms with Gasteiger partial charge in [0.15, 0.2) is 6.61 Å². The minimum atomic E-state index is -0.752. The molecule has 2 aliphatic heterocycles. The lowest BCUT2D eigenvalue weighted by Crippen LogP contribution is -2.30. The van der Waals surface area contributed by atoms with E-state index in [0.29, 0.717) is 12.1 Å². The molecule has 9 heteroatoms. The van der Waals surface area contributed by atoms with Crippen LogP contribution in [-0.4, -0.2) is 59.0 Å². The molecular weight excluding hydrogens is 436 g/mol. The molecule has 3 rings (SSSR count). The van der Waals surface area contributed by atoms with Crippen molar-refractivity contribution in [2.75, 3.05) is 26.3 Å². The van der Waals surface area contributed by atoms with Crippen LogP contribution in [0.4, 0.5) is 0 Å². The lowest BCUT2D eigenvalue weighted by molar-refractivity contribution is -0.135. The number of allylic oxidation sites excluding steroid dienone is 3. The number of carbonyl (C=O) groups excluding carboxylic acids is 2. The Hall–Kier alpha value is -3.00. The van der Waals surface area contributed by atoms with Gasteiger partial charge < -0.3 is 24.7 Å². The van der Waals surface area contributed by atoms with Crippen molar-refractivity contribution in [1.29, 1.82) is 0 Å². The van der Waals surface area contributed by atoms with Gasteiger partial charge in [0.05, 0.1) is 17.3 Å². The van der Waals surface area contributed by atoms with E-state index in [9.17, 15) is 19.8 Å². The number of rotatable bonds is 3. The molecule has 1 aromatic rings. The van der Waals surface area contributed by atoms with Crippen molar-refractivity contribution in [3.63, 3.8) is 0 Å². The predicted molar refractivity (Wildman–Crippen MR) is 120 cm³/mol. The number of hydrogen-bond donors (Lipinski definition) is 2. The van der Waals surface area contributed by atoms with Gasteiger partial charge in [0.2, 0.25) is 0 Å². The fraction of sp³-hybridized carbons (Fsp3) is 0.435. The normalized spacial score (nSPS) is 20.8. The second kappa shape index (κ2) is 11.6. The molecule has 1 aromatic carbocycles. The van der Waals surface area contributed by atoms with Crippen LogP contribution in [0.15, 0.2) is 35.5 Å². The van der Waals surface area contributed by atoms with Crippen LogP contribution in [0.2, 0.25) is 5.02 Å². The summed E-state index contributed by atoms with van der Waals surface area (Å²) in [7, 11) is 0. The van der Waals surface area contributed by atoms with Crippen LogP contribution in [-0.2, 0) is 20.8 Å². The lowest BCUT2D eigenvalue weighted by Gasteiger charge is -2.15. The molecule has 0 radical (unpaired) electrons. The van der Waals surface area contributed by atoms with E-state index >= 15 is 0 Å². The summed E-state index contributed by atoms with van der Waals surface area (Å²) in [4.78, 5) is 31.9. The van der Waals surface area contributed by atoms with Gasteiger partial charge in [-0.05, 0) is 43.7 Å². The van der Waals surface area contributed by atoms with E-state index in [1.54, 1.807) is 11.0 Å². The van der Waals surface area contributed by atoms with Gasteiger partial charge in [-0.1, -0.05) is 35.0 Å². The first kappa shape index (κ1) is 23.7. The number of hydrogen-bond acceptors (Lipinski definition) is 7. The quantitative estimate of drug-likeness (QED) is 0.402. The molecular formula is C23H27ClN2O6. The monoisotopic (exact) mass is 462 g/mol. The number of amides is 1. The molecule has 0 bridgehead atoms.